The van der Waals surface area contributed by atoms with E-state index >= 15 is 0 Å². The molecule has 0 N–H and O–H groups in total. The quantitative estimate of drug-likeness (QED) is 0.511. The highest BCUT2D eigenvalue weighted by Gasteiger charge is 2.32. The number of aromatic nitrogens is 1. The van der Waals surface area contributed by atoms with Gasteiger partial charge >= 0.3 is 5.97 Å². The van der Waals surface area contributed by atoms with Crippen LogP contribution in [0.5, 0.6) is 0 Å². The Hall–Kier alpha value is -2.24. The largest absolute Gasteiger partial charge is 0.451 e. The number of halogens is 1. The van der Waals surface area contributed by atoms with Crippen LogP contribution in [0.25, 0.3) is 11.3 Å². The maximum absolute atomic E-state index is 12.9. The highest BCUT2D eigenvalue weighted by Crippen LogP contribution is 2.27. The topological polar surface area (TPSA) is 98.9 Å². The summed E-state index contributed by atoms with van der Waals surface area (Å²) in [6.45, 7) is 0.917. The minimum absolute atomic E-state index is 0.0194. The standard InChI is InChI=1S/C19H17ClN2O6S2/c20-14-3-1-13(2-4-14)15-11-21-17(28-15)12-27-19(23)18-16(5-10-29-18)30(24,25)22-6-8-26-9-7-22/h1-5,10-11H,6-9,12H2. The SMILES string of the molecule is O=C(OCc1ncc(-c2ccc(Cl)cc2)o1)c1sccc1S(=O)(=O)N1CCOCC1. The first-order valence-corrected chi connectivity index (χ1v) is 11.7. The number of ether oxygens (including phenoxy) is 2. The minimum atomic E-state index is -3.80. The zero-order valence-corrected chi connectivity index (χ0v) is 18.0. The molecule has 0 aliphatic carbocycles. The van der Waals surface area contributed by atoms with Crippen LogP contribution in [0.3, 0.4) is 0 Å². The Morgan fingerprint density at radius 1 is 1.20 bits per heavy atom. The molecule has 0 atom stereocenters. The molecule has 3 heterocycles. The van der Waals surface area contributed by atoms with Crippen molar-refractivity contribution in [2.24, 2.45) is 0 Å². The van der Waals surface area contributed by atoms with Crippen molar-refractivity contribution in [2.45, 2.75) is 11.5 Å². The Morgan fingerprint density at radius 3 is 2.67 bits per heavy atom. The molecule has 1 saturated heterocycles. The number of hydrogen-bond acceptors (Lipinski definition) is 8. The van der Waals surface area contributed by atoms with Crippen LogP contribution in [-0.4, -0.2) is 50.0 Å². The lowest BCUT2D eigenvalue weighted by Gasteiger charge is -2.25. The van der Waals surface area contributed by atoms with E-state index in [1.54, 1.807) is 29.6 Å². The molecular weight excluding hydrogens is 452 g/mol. The molecule has 3 aromatic rings. The molecule has 30 heavy (non-hydrogen) atoms. The van der Waals surface area contributed by atoms with Gasteiger partial charge < -0.3 is 13.9 Å². The van der Waals surface area contributed by atoms with Gasteiger partial charge in [0.15, 0.2) is 12.4 Å². The number of esters is 1. The Kier molecular flexibility index (Phi) is 6.21. The fraction of sp³-hybridized carbons (Fsp3) is 0.263. The molecule has 0 bridgehead atoms. The Balaban J connectivity index is 1.44. The van der Waals surface area contributed by atoms with E-state index in [4.69, 9.17) is 25.5 Å². The van der Waals surface area contributed by atoms with E-state index in [1.165, 1.54) is 16.6 Å². The van der Waals surface area contributed by atoms with Crippen LogP contribution in [-0.2, 0) is 26.1 Å². The fourth-order valence-electron chi connectivity index (χ4n) is 2.89. The van der Waals surface area contributed by atoms with Crippen LogP contribution in [0.1, 0.15) is 15.6 Å². The van der Waals surface area contributed by atoms with E-state index in [1.807, 2.05) is 0 Å². The zero-order valence-electron chi connectivity index (χ0n) is 15.6. The summed E-state index contributed by atoms with van der Waals surface area (Å²) in [5, 5.41) is 2.15. The third-order valence-corrected chi connectivity index (χ3v) is 7.63. The van der Waals surface area contributed by atoms with Crippen LogP contribution >= 0.6 is 22.9 Å². The third-order valence-electron chi connectivity index (χ3n) is 4.41. The van der Waals surface area contributed by atoms with Gasteiger partial charge in [0, 0.05) is 23.7 Å². The maximum Gasteiger partial charge on any atom is 0.350 e. The summed E-state index contributed by atoms with van der Waals surface area (Å²) in [6.07, 6.45) is 1.52. The van der Waals surface area contributed by atoms with Crippen molar-refractivity contribution in [2.75, 3.05) is 26.3 Å². The summed E-state index contributed by atoms with van der Waals surface area (Å²) in [6, 6.07) is 8.44. The van der Waals surface area contributed by atoms with Crippen molar-refractivity contribution in [1.29, 1.82) is 0 Å². The maximum atomic E-state index is 12.9. The summed E-state index contributed by atoms with van der Waals surface area (Å²) >= 11 is 6.89. The van der Waals surface area contributed by atoms with Gasteiger partial charge in [0.25, 0.3) is 0 Å². The number of nitrogens with zero attached hydrogens (tertiary/aromatic N) is 2. The van der Waals surface area contributed by atoms with Gasteiger partial charge in [-0.05, 0) is 35.7 Å². The van der Waals surface area contributed by atoms with Gasteiger partial charge in [-0.1, -0.05) is 11.6 Å². The van der Waals surface area contributed by atoms with E-state index in [0.29, 0.717) is 24.0 Å². The van der Waals surface area contributed by atoms with Crippen LogP contribution in [0.2, 0.25) is 5.02 Å². The Labute approximate surface area is 182 Å². The number of carbonyl (C=O) groups excluding carboxylic acids is 1. The zero-order chi connectivity index (χ0) is 21.1. The van der Waals surface area contributed by atoms with E-state index < -0.39 is 16.0 Å². The van der Waals surface area contributed by atoms with E-state index in [-0.39, 0.29) is 35.4 Å². The van der Waals surface area contributed by atoms with Gasteiger partial charge in [0.05, 0.1) is 19.4 Å². The van der Waals surface area contributed by atoms with E-state index in [2.05, 4.69) is 4.98 Å². The molecule has 2 aromatic heterocycles. The second kappa shape index (κ2) is 8.86. The van der Waals surface area contributed by atoms with Gasteiger partial charge in [0.2, 0.25) is 15.9 Å². The lowest BCUT2D eigenvalue weighted by molar-refractivity contribution is 0.0440. The number of benzene rings is 1. The monoisotopic (exact) mass is 468 g/mol. The summed E-state index contributed by atoms with van der Waals surface area (Å²) in [5.74, 6) is -0.0463. The molecule has 1 aliphatic rings. The predicted molar refractivity (Wildman–Crippen MR) is 110 cm³/mol. The number of rotatable bonds is 6. The molecule has 1 fully saturated rings. The molecule has 0 unspecified atom stereocenters. The fourth-order valence-corrected chi connectivity index (χ4v) is 5.71. The minimum Gasteiger partial charge on any atom is -0.451 e. The molecule has 11 heteroatoms. The smallest absolute Gasteiger partial charge is 0.350 e. The highest BCUT2D eigenvalue weighted by atomic mass is 35.5. The van der Waals surface area contributed by atoms with Crippen LogP contribution < -0.4 is 0 Å². The van der Waals surface area contributed by atoms with Gasteiger partial charge in [-0.3, -0.25) is 0 Å². The van der Waals surface area contributed by atoms with Crippen LogP contribution in [0, 0.1) is 0 Å². The van der Waals surface area contributed by atoms with Crippen LogP contribution in [0.4, 0.5) is 0 Å². The number of carbonyl (C=O) groups is 1. The first-order valence-electron chi connectivity index (χ1n) is 8.98. The molecule has 4 rings (SSSR count). The van der Waals surface area contributed by atoms with Crippen LogP contribution in [0.15, 0.2) is 51.2 Å². The van der Waals surface area contributed by atoms with Crippen molar-refractivity contribution >= 4 is 38.9 Å². The highest BCUT2D eigenvalue weighted by molar-refractivity contribution is 7.89. The molecule has 0 saturated carbocycles. The molecule has 0 spiro atoms. The van der Waals surface area contributed by atoms with Gasteiger partial charge in [-0.2, -0.15) is 4.31 Å². The van der Waals surface area contributed by atoms with Gasteiger partial charge in [0.1, 0.15) is 9.77 Å². The molecule has 1 aliphatic heterocycles. The molecule has 158 valence electrons. The first-order chi connectivity index (χ1) is 14.4. The molecule has 0 amide bonds. The summed E-state index contributed by atoms with van der Waals surface area (Å²) in [5.41, 5.74) is 0.779. The molecule has 8 nitrogen and oxygen atoms in total. The number of thiophene rings is 1. The van der Waals surface area contributed by atoms with Crippen molar-refractivity contribution in [1.82, 2.24) is 9.29 Å². The third kappa shape index (κ3) is 4.42. The van der Waals surface area contributed by atoms with Crippen molar-refractivity contribution < 1.29 is 27.1 Å². The second-order valence-corrected chi connectivity index (χ2v) is 9.59. The molecule has 0 radical (unpaired) electrons. The van der Waals surface area contributed by atoms with Crippen molar-refractivity contribution in [3.05, 3.63) is 57.7 Å². The van der Waals surface area contributed by atoms with Gasteiger partial charge in [-0.25, -0.2) is 18.2 Å². The molecule has 1 aromatic carbocycles. The number of sulfonamides is 1. The average molecular weight is 469 g/mol. The van der Waals surface area contributed by atoms with Gasteiger partial charge in [-0.15, -0.1) is 11.3 Å². The summed E-state index contributed by atoms with van der Waals surface area (Å²) in [4.78, 5) is 16.6. The normalized spacial score (nSPS) is 15.2. The number of hydrogen-bond donors (Lipinski definition) is 0. The first kappa shape index (κ1) is 21.0. The lowest BCUT2D eigenvalue weighted by atomic mass is 10.2. The summed E-state index contributed by atoms with van der Waals surface area (Å²) in [7, 11) is -3.80. The van der Waals surface area contributed by atoms with E-state index in [9.17, 15) is 13.2 Å². The summed E-state index contributed by atoms with van der Waals surface area (Å²) < 4.78 is 43.1. The second-order valence-electron chi connectivity index (χ2n) is 6.33. The van der Waals surface area contributed by atoms with Crippen molar-refractivity contribution in [3.8, 4) is 11.3 Å². The Bertz CT molecular complexity index is 1130. The predicted octanol–water partition coefficient (Wildman–Crippen LogP) is 3.43. The average Bonchev–Trinajstić information content (AvgIpc) is 3.43. The molecular formula is C19H17ClN2O6S2. The van der Waals surface area contributed by atoms with E-state index in [0.717, 1.165) is 16.9 Å². The lowest BCUT2D eigenvalue weighted by Crippen LogP contribution is -2.40. The number of oxazole rings is 1. The number of morpholine rings is 1. The Morgan fingerprint density at radius 2 is 1.93 bits per heavy atom. The van der Waals surface area contributed by atoms with Crippen molar-refractivity contribution in [3.63, 3.8) is 0 Å².